The molecule has 2 heterocycles. The van der Waals surface area contributed by atoms with Crippen LogP contribution in [0.5, 0.6) is 5.75 Å². The number of sulfonamides is 1. The lowest BCUT2D eigenvalue weighted by Gasteiger charge is -2.30. The summed E-state index contributed by atoms with van der Waals surface area (Å²) in [6, 6.07) is 7.29. The van der Waals surface area contributed by atoms with E-state index < -0.39 is 10.0 Å². The van der Waals surface area contributed by atoms with Gasteiger partial charge in [0, 0.05) is 32.3 Å². The average Bonchev–Trinajstić information content (AvgIpc) is 3.03. The van der Waals surface area contributed by atoms with Gasteiger partial charge >= 0.3 is 0 Å². The lowest BCUT2D eigenvalue weighted by atomic mass is 9.97. The van der Waals surface area contributed by atoms with Crippen molar-refractivity contribution in [2.75, 3.05) is 25.0 Å². The van der Waals surface area contributed by atoms with Gasteiger partial charge in [-0.1, -0.05) is 12.1 Å². The van der Waals surface area contributed by atoms with E-state index in [1.807, 2.05) is 25.1 Å². The SMILES string of the molecule is CCOc1ccccc1NC(=O)C1CCN(S(=O)(=O)c2cn(C)c(C)n2)CC1. The number of imidazole rings is 1. The number of carbonyl (C=O) groups is 1. The summed E-state index contributed by atoms with van der Waals surface area (Å²) in [6.07, 6.45) is 2.45. The fraction of sp³-hybridized carbons (Fsp3) is 0.474. The number of carbonyl (C=O) groups excluding carboxylic acids is 1. The Morgan fingerprint density at radius 2 is 1.96 bits per heavy atom. The number of aryl methyl sites for hydroxylation is 2. The van der Waals surface area contributed by atoms with Gasteiger partial charge in [0.25, 0.3) is 10.0 Å². The van der Waals surface area contributed by atoms with Crippen molar-refractivity contribution >= 4 is 21.6 Å². The van der Waals surface area contributed by atoms with E-state index >= 15 is 0 Å². The summed E-state index contributed by atoms with van der Waals surface area (Å²) in [6.45, 7) is 4.75. The van der Waals surface area contributed by atoms with Crippen LogP contribution in [0.25, 0.3) is 0 Å². The van der Waals surface area contributed by atoms with E-state index in [1.54, 1.807) is 24.6 Å². The van der Waals surface area contributed by atoms with E-state index in [0.29, 0.717) is 49.8 Å². The molecule has 0 radical (unpaired) electrons. The Labute approximate surface area is 165 Å². The van der Waals surface area contributed by atoms with Gasteiger partial charge in [-0.15, -0.1) is 0 Å². The predicted octanol–water partition coefficient (Wildman–Crippen LogP) is 2.17. The molecule has 1 fully saturated rings. The molecule has 0 spiro atoms. The average molecular weight is 407 g/mol. The molecule has 2 aromatic rings. The van der Waals surface area contributed by atoms with Crippen LogP contribution in [-0.4, -0.2) is 47.9 Å². The summed E-state index contributed by atoms with van der Waals surface area (Å²) in [5, 5.41) is 2.97. The van der Waals surface area contributed by atoms with E-state index in [0.717, 1.165) is 0 Å². The topological polar surface area (TPSA) is 93.5 Å². The first kappa shape index (κ1) is 20.3. The van der Waals surface area contributed by atoms with Gasteiger partial charge in [-0.25, -0.2) is 13.4 Å². The van der Waals surface area contributed by atoms with Gasteiger partial charge in [-0.05, 0) is 38.8 Å². The van der Waals surface area contributed by atoms with Crippen LogP contribution in [0.2, 0.25) is 0 Å². The van der Waals surface area contributed by atoms with Crippen LogP contribution in [-0.2, 0) is 21.9 Å². The normalized spacial score (nSPS) is 16.1. The van der Waals surface area contributed by atoms with Gasteiger partial charge in [-0.2, -0.15) is 4.31 Å². The maximum Gasteiger partial charge on any atom is 0.262 e. The highest BCUT2D eigenvalue weighted by atomic mass is 32.2. The molecule has 0 atom stereocenters. The molecular formula is C19H26N4O4S. The molecule has 0 bridgehead atoms. The van der Waals surface area contributed by atoms with Crippen LogP contribution in [0.4, 0.5) is 5.69 Å². The number of nitrogens with zero attached hydrogens (tertiary/aromatic N) is 3. The van der Waals surface area contributed by atoms with E-state index in [4.69, 9.17) is 4.74 Å². The second-order valence-corrected chi connectivity index (χ2v) is 8.72. The van der Waals surface area contributed by atoms with Crippen molar-refractivity contribution in [1.29, 1.82) is 0 Å². The van der Waals surface area contributed by atoms with Crippen molar-refractivity contribution in [2.24, 2.45) is 13.0 Å². The summed E-state index contributed by atoms with van der Waals surface area (Å²) >= 11 is 0. The Morgan fingerprint density at radius 1 is 1.29 bits per heavy atom. The predicted molar refractivity (Wildman–Crippen MR) is 106 cm³/mol. The first-order valence-electron chi connectivity index (χ1n) is 9.35. The van der Waals surface area contributed by atoms with E-state index in [2.05, 4.69) is 10.3 Å². The lowest BCUT2D eigenvalue weighted by molar-refractivity contribution is -0.120. The van der Waals surface area contributed by atoms with Gasteiger partial charge < -0.3 is 14.6 Å². The zero-order chi connectivity index (χ0) is 20.3. The fourth-order valence-corrected chi connectivity index (χ4v) is 4.72. The van der Waals surface area contributed by atoms with Gasteiger partial charge in [0.2, 0.25) is 5.91 Å². The number of nitrogens with one attached hydrogen (secondary N) is 1. The number of hydrogen-bond acceptors (Lipinski definition) is 5. The van der Waals surface area contributed by atoms with Crippen molar-refractivity contribution in [3.8, 4) is 5.75 Å². The quantitative estimate of drug-likeness (QED) is 0.794. The molecule has 1 N–H and O–H groups in total. The van der Waals surface area contributed by atoms with Crippen molar-refractivity contribution in [1.82, 2.24) is 13.9 Å². The van der Waals surface area contributed by atoms with Gasteiger partial charge in [0.05, 0.1) is 12.3 Å². The first-order valence-corrected chi connectivity index (χ1v) is 10.8. The molecule has 0 saturated carbocycles. The van der Waals surface area contributed by atoms with Crippen molar-refractivity contribution in [2.45, 2.75) is 31.7 Å². The highest BCUT2D eigenvalue weighted by molar-refractivity contribution is 7.89. The standard InChI is InChI=1S/C19H26N4O4S/c1-4-27-17-8-6-5-7-16(17)21-19(24)15-9-11-23(12-10-15)28(25,26)18-13-22(3)14(2)20-18/h5-8,13,15H,4,9-12H2,1-3H3,(H,21,24). The molecule has 1 aliphatic heterocycles. The number of piperidine rings is 1. The third kappa shape index (κ3) is 4.20. The number of aromatic nitrogens is 2. The zero-order valence-corrected chi connectivity index (χ0v) is 17.2. The number of anilines is 1. The number of ether oxygens (including phenoxy) is 1. The molecule has 1 aliphatic rings. The molecule has 1 saturated heterocycles. The molecule has 8 nitrogen and oxygen atoms in total. The van der Waals surface area contributed by atoms with Crippen LogP contribution in [0.3, 0.4) is 0 Å². The molecule has 0 unspecified atom stereocenters. The number of rotatable bonds is 6. The molecule has 1 aromatic carbocycles. The number of amides is 1. The summed E-state index contributed by atoms with van der Waals surface area (Å²) in [7, 11) is -1.87. The molecule has 28 heavy (non-hydrogen) atoms. The van der Waals surface area contributed by atoms with E-state index in [-0.39, 0.29) is 16.9 Å². The number of hydrogen-bond donors (Lipinski definition) is 1. The Morgan fingerprint density at radius 3 is 2.57 bits per heavy atom. The Balaban J connectivity index is 1.63. The van der Waals surface area contributed by atoms with Crippen molar-refractivity contribution in [3.05, 3.63) is 36.3 Å². The first-order chi connectivity index (χ1) is 13.3. The maximum atomic E-state index is 12.8. The summed E-state index contributed by atoms with van der Waals surface area (Å²) in [4.78, 5) is 16.8. The highest BCUT2D eigenvalue weighted by Gasteiger charge is 2.33. The van der Waals surface area contributed by atoms with Crippen LogP contribution < -0.4 is 10.1 Å². The van der Waals surface area contributed by atoms with Crippen LogP contribution in [0, 0.1) is 12.8 Å². The highest BCUT2D eigenvalue weighted by Crippen LogP contribution is 2.27. The zero-order valence-electron chi connectivity index (χ0n) is 16.4. The van der Waals surface area contributed by atoms with Gasteiger partial charge in [-0.3, -0.25) is 4.79 Å². The van der Waals surface area contributed by atoms with Crippen LogP contribution in [0.1, 0.15) is 25.6 Å². The number of benzene rings is 1. The smallest absolute Gasteiger partial charge is 0.262 e. The summed E-state index contributed by atoms with van der Waals surface area (Å²) in [5.74, 6) is 0.911. The molecule has 0 aliphatic carbocycles. The minimum atomic E-state index is -3.64. The summed E-state index contributed by atoms with van der Waals surface area (Å²) in [5.41, 5.74) is 0.633. The Bertz CT molecular complexity index is 927. The number of para-hydroxylation sites is 2. The minimum absolute atomic E-state index is 0.0565. The van der Waals surface area contributed by atoms with Crippen LogP contribution in [0.15, 0.2) is 35.5 Å². The minimum Gasteiger partial charge on any atom is -0.492 e. The molecule has 3 rings (SSSR count). The third-order valence-corrected chi connectivity index (χ3v) is 6.73. The van der Waals surface area contributed by atoms with E-state index in [1.165, 1.54) is 10.5 Å². The molecule has 1 aromatic heterocycles. The lowest BCUT2D eigenvalue weighted by Crippen LogP contribution is -2.41. The fourth-order valence-electron chi connectivity index (χ4n) is 3.23. The van der Waals surface area contributed by atoms with Crippen LogP contribution >= 0.6 is 0 Å². The van der Waals surface area contributed by atoms with Crippen molar-refractivity contribution < 1.29 is 17.9 Å². The molecular weight excluding hydrogens is 380 g/mol. The van der Waals surface area contributed by atoms with Crippen molar-refractivity contribution in [3.63, 3.8) is 0 Å². The van der Waals surface area contributed by atoms with Gasteiger partial charge in [0.1, 0.15) is 11.6 Å². The monoisotopic (exact) mass is 406 g/mol. The summed E-state index contributed by atoms with van der Waals surface area (Å²) < 4.78 is 34.2. The molecule has 1 amide bonds. The van der Waals surface area contributed by atoms with E-state index in [9.17, 15) is 13.2 Å². The van der Waals surface area contributed by atoms with Gasteiger partial charge in [0.15, 0.2) is 5.03 Å². The molecule has 9 heteroatoms. The third-order valence-electron chi connectivity index (χ3n) is 4.96. The second-order valence-electron chi connectivity index (χ2n) is 6.83. The second kappa shape index (κ2) is 8.32. The molecule has 152 valence electrons. The Kier molecular flexibility index (Phi) is 6.04. The Hall–Kier alpha value is -2.39. The maximum absolute atomic E-state index is 12.8. The largest absolute Gasteiger partial charge is 0.492 e.